The van der Waals surface area contributed by atoms with Crippen molar-refractivity contribution in [3.05, 3.63) is 60.7 Å². The Morgan fingerprint density at radius 2 is 1.70 bits per heavy atom. The number of carbonyl (C=O) groups excluding carboxylic acids is 1. The molecule has 0 spiro atoms. The molecule has 2 N–H and O–H groups in total. The number of nitrogens with one attached hydrogen (secondary N) is 2. The Kier molecular flexibility index (Phi) is 4.63. The number of nitrogens with zero attached hydrogens (tertiary/aromatic N) is 2. The van der Waals surface area contributed by atoms with Crippen molar-refractivity contribution in [3.63, 3.8) is 0 Å². The van der Waals surface area contributed by atoms with Crippen molar-refractivity contribution >= 4 is 17.5 Å². The molecule has 6 heteroatoms. The summed E-state index contributed by atoms with van der Waals surface area (Å²) in [6.07, 6.45) is 0.310. The van der Waals surface area contributed by atoms with Crippen LogP contribution in [0.5, 0.6) is 0 Å². The van der Waals surface area contributed by atoms with Crippen molar-refractivity contribution in [1.29, 1.82) is 0 Å². The highest BCUT2D eigenvalue weighted by Gasteiger charge is 2.08. The number of benzene rings is 2. The summed E-state index contributed by atoms with van der Waals surface area (Å²) in [5.41, 5.74) is 1.64. The fourth-order valence-corrected chi connectivity index (χ4v) is 2.03. The van der Waals surface area contributed by atoms with Gasteiger partial charge in [0, 0.05) is 24.2 Å². The lowest BCUT2D eigenvalue weighted by Crippen LogP contribution is -2.16. The Morgan fingerprint density at radius 3 is 2.43 bits per heavy atom. The molecule has 3 rings (SSSR count). The minimum absolute atomic E-state index is 0.0736. The van der Waals surface area contributed by atoms with Crippen molar-refractivity contribution < 1.29 is 9.32 Å². The number of carbonyl (C=O) groups is 1. The third-order valence-electron chi connectivity index (χ3n) is 3.14. The summed E-state index contributed by atoms with van der Waals surface area (Å²) in [5.74, 6) is 0.744. The minimum atomic E-state index is -0.0736. The molecule has 0 saturated heterocycles. The van der Waals surface area contributed by atoms with Crippen molar-refractivity contribution in [2.45, 2.75) is 6.42 Å². The second kappa shape index (κ2) is 7.22. The second-order valence-corrected chi connectivity index (χ2v) is 4.88. The number of anilines is 2. The zero-order chi connectivity index (χ0) is 15.9. The Bertz CT molecular complexity index is 757. The summed E-state index contributed by atoms with van der Waals surface area (Å²) in [5, 5.41) is 9.64. The monoisotopic (exact) mass is 308 g/mol. The Morgan fingerprint density at radius 1 is 1.00 bits per heavy atom. The molecule has 0 bridgehead atoms. The minimum Gasteiger partial charge on any atom is -0.351 e. The lowest BCUT2D eigenvalue weighted by atomic mass is 10.2. The van der Waals surface area contributed by atoms with Crippen LogP contribution in [0.4, 0.5) is 11.6 Å². The van der Waals surface area contributed by atoms with Crippen LogP contribution < -0.4 is 10.6 Å². The van der Waals surface area contributed by atoms with Crippen LogP contribution in [-0.4, -0.2) is 22.6 Å². The summed E-state index contributed by atoms with van der Waals surface area (Å²) in [6.45, 7) is 0.423. The molecule has 0 radical (unpaired) electrons. The molecule has 1 heterocycles. The maximum Gasteiger partial charge on any atom is 0.263 e. The van der Waals surface area contributed by atoms with Crippen LogP contribution >= 0.6 is 0 Å². The number of rotatable bonds is 6. The maximum absolute atomic E-state index is 11.8. The van der Waals surface area contributed by atoms with Gasteiger partial charge in [-0.3, -0.25) is 4.79 Å². The van der Waals surface area contributed by atoms with Crippen LogP contribution in [0.25, 0.3) is 11.5 Å². The summed E-state index contributed by atoms with van der Waals surface area (Å²) in [4.78, 5) is 16.1. The SMILES string of the molecule is O=C(CCNc1noc(-c2ccccc2)n1)Nc1ccccc1. The van der Waals surface area contributed by atoms with E-state index in [-0.39, 0.29) is 5.91 Å². The average molecular weight is 308 g/mol. The topological polar surface area (TPSA) is 80.1 Å². The summed E-state index contributed by atoms with van der Waals surface area (Å²) >= 11 is 0. The van der Waals surface area contributed by atoms with E-state index >= 15 is 0 Å². The highest BCUT2D eigenvalue weighted by molar-refractivity contribution is 5.90. The van der Waals surface area contributed by atoms with E-state index in [2.05, 4.69) is 20.8 Å². The van der Waals surface area contributed by atoms with E-state index in [1.165, 1.54) is 0 Å². The quantitative estimate of drug-likeness (QED) is 0.731. The number of hydrogen-bond acceptors (Lipinski definition) is 5. The van der Waals surface area contributed by atoms with Gasteiger partial charge in [0.25, 0.3) is 11.8 Å². The third-order valence-corrected chi connectivity index (χ3v) is 3.14. The third kappa shape index (κ3) is 4.16. The molecule has 0 aliphatic heterocycles. The van der Waals surface area contributed by atoms with Crippen molar-refractivity contribution in [2.24, 2.45) is 0 Å². The van der Waals surface area contributed by atoms with Crippen LogP contribution in [0, 0.1) is 0 Å². The molecule has 23 heavy (non-hydrogen) atoms. The van der Waals surface area contributed by atoms with Gasteiger partial charge in [-0.1, -0.05) is 36.4 Å². The number of amides is 1. The van der Waals surface area contributed by atoms with Gasteiger partial charge in [-0.25, -0.2) is 0 Å². The fraction of sp³-hybridized carbons (Fsp3) is 0.118. The van der Waals surface area contributed by atoms with Gasteiger partial charge in [-0.2, -0.15) is 4.98 Å². The first kappa shape index (κ1) is 14.8. The number of aromatic nitrogens is 2. The Hall–Kier alpha value is -3.15. The van der Waals surface area contributed by atoms with Crippen LogP contribution in [0.1, 0.15) is 6.42 Å². The molecule has 0 aliphatic carbocycles. The molecule has 0 aliphatic rings. The molecular formula is C17H16N4O2. The maximum atomic E-state index is 11.8. The lowest BCUT2D eigenvalue weighted by molar-refractivity contribution is -0.115. The fourth-order valence-electron chi connectivity index (χ4n) is 2.03. The largest absolute Gasteiger partial charge is 0.351 e. The van der Waals surface area contributed by atoms with Gasteiger partial charge in [0.2, 0.25) is 5.91 Å². The van der Waals surface area contributed by atoms with Gasteiger partial charge in [-0.05, 0) is 29.4 Å². The smallest absolute Gasteiger partial charge is 0.263 e. The molecule has 1 aromatic heterocycles. The first-order chi connectivity index (χ1) is 11.3. The van der Waals surface area contributed by atoms with E-state index in [4.69, 9.17) is 4.52 Å². The van der Waals surface area contributed by atoms with Crippen molar-refractivity contribution in [1.82, 2.24) is 10.1 Å². The van der Waals surface area contributed by atoms with Crippen LogP contribution in [0.3, 0.4) is 0 Å². The molecule has 0 atom stereocenters. The molecule has 0 fully saturated rings. The van der Waals surface area contributed by atoms with E-state index in [0.717, 1.165) is 11.3 Å². The van der Waals surface area contributed by atoms with Gasteiger partial charge < -0.3 is 15.2 Å². The highest BCUT2D eigenvalue weighted by atomic mass is 16.5. The Labute approximate surface area is 133 Å². The van der Waals surface area contributed by atoms with Gasteiger partial charge in [0.15, 0.2) is 0 Å². The molecule has 0 unspecified atom stereocenters. The van der Waals surface area contributed by atoms with Crippen LogP contribution in [0.2, 0.25) is 0 Å². The van der Waals surface area contributed by atoms with Crippen LogP contribution in [-0.2, 0) is 4.79 Å². The number of hydrogen-bond donors (Lipinski definition) is 2. The van der Waals surface area contributed by atoms with Gasteiger partial charge in [-0.15, -0.1) is 0 Å². The molecule has 2 aromatic carbocycles. The van der Waals surface area contributed by atoms with E-state index in [1.54, 1.807) is 0 Å². The van der Waals surface area contributed by atoms with Gasteiger partial charge in [0.05, 0.1) is 0 Å². The molecule has 3 aromatic rings. The molecule has 6 nitrogen and oxygen atoms in total. The predicted molar refractivity (Wildman–Crippen MR) is 87.9 cm³/mol. The second-order valence-electron chi connectivity index (χ2n) is 4.88. The molecule has 1 amide bonds. The molecule has 116 valence electrons. The zero-order valence-corrected chi connectivity index (χ0v) is 12.4. The highest BCUT2D eigenvalue weighted by Crippen LogP contribution is 2.17. The summed E-state index contributed by atoms with van der Waals surface area (Å²) in [7, 11) is 0. The van der Waals surface area contributed by atoms with Crippen molar-refractivity contribution in [2.75, 3.05) is 17.2 Å². The van der Waals surface area contributed by atoms with Crippen LogP contribution in [0.15, 0.2) is 65.2 Å². The summed E-state index contributed by atoms with van der Waals surface area (Å²) in [6, 6.07) is 18.8. The normalized spacial score (nSPS) is 10.3. The summed E-state index contributed by atoms with van der Waals surface area (Å²) < 4.78 is 5.18. The molecular weight excluding hydrogens is 292 g/mol. The standard InChI is InChI=1S/C17H16N4O2/c22-15(19-14-9-5-2-6-10-14)11-12-18-17-20-16(23-21-17)13-7-3-1-4-8-13/h1-10H,11-12H2,(H,18,21)(H,19,22). The van der Waals surface area contributed by atoms with Crippen molar-refractivity contribution in [3.8, 4) is 11.5 Å². The average Bonchev–Trinajstić information content (AvgIpc) is 3.05. The van der Waals surface area contributed by atoms with Gasteiger partial charge >= 0.3 is 0 Å². The van der Waals surface area contributed by atoms with E-state index in [1.807, 2.05) is 60.7 Å². The predicted octanol–water partition coefficient (Wildman–Crippen LogP) is 3.18. The first-order valence-corrected chi connectivity index (χ1v) is 7.29. The number of para-hydroxylation sites is 1. The van der Waals surface area contributed by atoms with Gasteiger partial charge in [0.1, 0.15) is 0 Å². The molecule has 0 saturated carbocycles. The lowest BCUT2D eigenvalue weighted by Gasteiger charge is -2.04. The zero-order valence-electron chi connectivity index (χ0n) is 12.4. The van der Waals surface area contributed by atoms with E-state index in [9.17, 15) is 4.79 Å². The van der Waals surface area contributed by atoms with E-state index < -0.39 is 0 Å². The van der Waals surface area contributed by atoms with E-state index in [0.29, 0.717) is 24.8 Å². The first-order valence-electron chi connectivity index (χ1n) is 7.29. The Balaban J connectivity index is 1.48.